The van der Waals surface area contributed by atoms with Crippen LogP contribution < -0.4 is 15.8 Å². The van der Waals surface area contributed by atoms with Crippen molar-refractivity contribution in [3.05, 3.63) is 45.8 Å². The summed E-state index contributed by atoms with van der Waals surface area (Å²) in [7, 11) is 0. The van der Waals surface area contributed by atoms with Gasteiger partial charge < -0.3 is 15.4 Å². The van der Waals surface area contributed by atoms with Crippen molar-refractivity contribution in [3.63, 3.8) is 0 Å². The number of nitrogens with zero attached hydrogens (tertiary/aromatic N) is 2. The topological polar surface area (TPSA) is 74.6 Å². The van der Waals surface area contributed by atoms with E-state index < -0.39 is 28.6 Å². The molecule has 2 saturated heterocycles. The molecule has 0 bridgehead atoms. The van der Waals surface area contributed by atoms with Crippen LogP contribution in [0, 0.1) is 17.6 Å². The predicted octanol–water partition coefficient (Wildman–Crippen LogP) is 0.908. The van der Waals surface area contributed by atoms with Gasteiger partial charge in [-0.3, -0.25) is 9.47 Å². The number of carbonyl (C=O) groups is 1. The molecule has 3 heterocycles. The number of fused-ring (bicyclic) bond motifs is 2. The maximum absolute atomic E-state index is 14.4. The first kappa shape index (κ1) is 15.1. The van der Waals surface area contributed by atoms with E-state index in [2.05, 4.69) is 5.32 Å². The van der Waals surface area contributed by atoms with Crippen molar-refractivity contribution in [2.45, 2.75) is 12.5 Å². The smallest absolute Gasteiger partial charge is 0.341 e. The number of carboxylic acid groups (broad SMARTS) is 1. The van der Waals surface area contributed by atoms with Crippen LogP contribution in [0.4, 0.5) is 8.78 Å². The predicted molar refractivity (Wildman–Crippen MR) is 82.9 cm³/mol. The summed E-state index contributed by atoms with van der Waals surface area (Å²) in [6.07, 6.45) is 2.12. The fourth-order valence-corrected chi connectivity index (χ4v) is 3.74. The van der Waals surface area contributed by atoms with Gasteiger partial charge in [0.25, 0.3) is 0 Å². The number of hydrogen-bond donors (Lipinski definition) is 2. The zero-order valence-electron chi connectivity index (χ0n) is 12.6. The molecule has 2 aliphatic rings. The van der Waals surface area contributed by atoms with Gasteiger partial charge in [0.2, 0.25) is 5.43 Å². The Hall–Kier alpha value is -2.48. The third-order valence-corrected chi connectivity index (χ3v) is 4.88. The first-order valence-electron chi connectivity index (χ1n) is 7.72. The third kappa shape index (κ3) is 2.17. The van der Waals surface area contributed by atoms with E-state index in [0.717, 1.165) is 25.2 Å². The Morgan fingerprint density at radius 2 is 2.08 bits per heavy atom. The lowest BCUT2D eigenvalue weighted by Gasteiger charge is -2.25. The van der Waals surface area contributed by atoms with E-state index in [1.54, 1.807) is 5.01 Å². The summed E-state index contributed by atoms with van der Waals surface area (Å²) < 4.78 is 29.3. The van der Waals surface area contributed by atoms with Gasteiger partial charge in [0.15, 0.2) is 5.82 Å². The van der Waals surface area contributed by atoms with E-state index in [4.69, 9.17) is 0 Å². The van der Waals surface area contributed by atoms with Crippen LogP contribution in [0.2, 0.25) is 0 Å². The van der Waals surface area contributed by atoms with Gasteiger partial charge >= 0.3 is 5.97 Å². The van der Waals surface area contributed by atoms with E-state index in [-0.39, 0.29) is 16.9 Å². The summed E-state index contributed by atoms with van der Waals surface area (Å²) >= 11 is 0. The number of carboxylic acids is 1. The lowest BCUT2D eigenvalue weighted by molar-refractivity contribution is 0.0695. The molecule has 0 spiro atoms. The highest BCUT2D eigenvalue weighted by atomic mass is 19.1. The Morgan fingerprint density at radius 1 is 1.29 bits per heavy atom. The Kier molecular flexibility index (Phi) is 3.31. The van der Waals surface area contributed by atoms with Gasteiger partial charge in [-0.15, -0.1) is 0 Å². The van der Waals surface area contributed by atoms with Crippen molar-refractivity contribution < 1.29 is 18.7 Å². The number of nitrogens with one attached hydrogen (secondary N) is 1. The van der Waals surface area contributed by atoms with E-state index in [1.807, 2.05) is 0 Å². The zero-order chi connectivity index (χ0) is 17.0. The molecule has 2 N–H and O–H groups in total. The summed E-state index contributed by atoms with van der Waals surface area (Å²) in [6.45, 7) is 2.11. The molecular weight excluding hydrogens is 320 g/mol. The second kappa shape index (κ2) is 5.27. The molecule has 2 aromatic rings. The first-order chi connectivity index (χ1) is 11.5. The molecule has 2 fully saturated rings. The first-order valence-corrected chi connectivity index (χ1v) is 7.72. The lowest BCUT2D eigenvalue weighted by Crippen LogP contribution is -2.38. The quantitative estimate of drug-likeness (QED) is 0.853. The van der Waals surface area contributed by atoms with Crippen LogP contribution in [0.3, 0.4) is 0 Å². The number of benzene rings is 1. The monoisotopic (exact) mass is 335 g/mol. The fraction of sp³-hybridized carbons (Fsp3) is 0.375. The van der Waals surface area contributed by atoms with Gasteiger partial charge in [-0.25, -0.2) is 13.6 Å². The average molecular weight is 335 g/mol. The van der Waals surface area contributed by atoms with Crippen molar-refractivity contribution in [3.8, 4) is 0 Å². The van der Waals surface area contributed by atoms with E-state index in [0.29, 0.717) is 25.1 Å². The number of halogens is 2. The fourth-order valence-electron chi connectivity index (χ4n) is 3.74. The van der Waals surface area contributed by atoms with Gasteiger partial charge in [-0.05, 0) is 24.9 Å². The number of aromatic nitrogens is 1. The van der Waals surface area contributed by atoms with Crippen molar-refractivity contribution >= 4 is 16.9 Å². The molecule has 126 valence electrons. The summed E-state index contributed by atoms with van der Waals surface area (Å²) in [5, 5.41) is 14.1. The Balaban J connectivity index is 1.95. The lowest BCUT2D eigenvalue weighted by atomic mass is 10.1. The molecule has 24 heavy (non-hydrogen) atoms. The third-order valence-electron chi connectivity index (χ3n) is 4.88. The van der Waals surface area contributed by atoms with Gasteiger partial charge in [-0.1, -0.05) is 0 Å². The minimum atomic E-state index is -1.42. The van der Waals surface area contributed by atoms with Crippen LogP contribution in [0.25, 0.3) is 10.9 Å². The summed E-state index contributed by atoms with van der Waals surface area (Å²) in [6, 6.07) is 1.84. The molecule has 0 saturated carbocycles. The minimum Gasteiger partial charge on any atom is -0.477 e. The van der Waals surface area contributed by atoms with Crippen LogP contribution in [0.1, 0.15) is 16.8 Å². The second-order valence-corrected chi connectivity index (χ2v) is 6.29. The number of aromatic carboxylic acids is 1. The van der Waals surface area contributed by atoms with Crippen LogP contribution in [-0.4, -0.2) is 41.4 Å². The van der Waals surface area contributed by atoms with E-state index >= 15 is 0 Å². The summed E-state index contributed by atoms with van der Waals surface area (Å²) in [4.78, 5) is 23.6. The Morgan fingerprint density at radius 3 is 2.79 bits per heavy atom. The molecule has 8 heteroatoms. The normalized spacial score (nSPS) is 23.0. The SMILES string of the molecule is O=C(O)c1cn(N2CC3CCNC3C2)c2c(F)cc(F)cc2c1=O. The van der Waals surface area contributed by atoms with Gasteiger partial charge in [0.05, 0.1) is 11.9 Å². The second-order valence-electron chi connectivity index (χ2n) is 6.29. The van der Waals surface area contributed by atoms with Crippen molar-refractivity contribution in [2.75, 3.05) is 24.6 Å². The molecule has 0 amide bonds. The molecular formula is C16H15F2N3O3. The molecule has 2 unspecified atom stereocenters. The molecule has 2 atom stereocenters. The van der Waals surface area contributed by atoms with Crippen LogP contribution in [-0.2, 0) is 0 Å². The van der Waals surface area contributed by atoms with E-state index in [9.17, 15) is 23.5 Å². The van der Waals surface area contributed by atoms with Gasteiger partial charge in [0, 0.05) is 24.8 Å². The Bertz CT molecular complexity index is 900. The number of rotatable bonds is 2. The molecule has 0 aliphatic carbocycles. The summed E-state index contributed by atoms with van der Waals surface area (Å²) in [5.41, 5.74) is -1.48. The highest BCUT2D eigenvalue weighted by Gasteiger charge is 2.37. The van der Waals surface area contributed by atoms with Crippen molar-refractivity contribution in [1.29, 1.82) is 0 Å². The molecule has 1 aromatic carbocycles. The molecule has 6 nitrogen and oxygen atoms in total. The molecule has 0 radical (unpaired) electrons. The highest BCUT2D eigenvalue weighted by molar-refractivity contribution is 5.92. The van der Waals surface area contributed by atoms with Gasteiger partial charge in [-0.2, -0.15) is 0 Å². The number of hydrogen-bond acceptors (Lipinski definition) is 4. The van der Waals surface area contributed by atoms with Gasteiger partial charge in [0.1, 0.15) is 16.9 Å². The van der Waals surface area contributed by atoms with Crippen molar-refractivity contribution in [2.24, 2.45) is 5.92 Å². The average Bonchev–Trinajstić information content (AvgIpc) is 3.09. The largest absolute Gasteiger partial charge is 0.477 e. The molecule has 4 rings (SSSR count). The maximum atomic E-state index is 14.4. The highest BCUT2D eigenvalue weighted by Crippen LogP contribution is 2.26. The molecule has 2 aliphatic heterocycles. The maximum Gasteiger partial charge on any atom is 0.341 e. The summed E-state index contributed by atoms with van der Waals surface area (Å²) in [5.74, 6) is -2.83. The van der Waals surface area contributed by atoms with E-state index in [1.165, 1.54) is 4.68 Å². The molecule has 1 aromatic heterocycles. The van der Waals surface area contributed by atoms with Crippen LogP contribution >= 0.6 is 0 Å². The van der Waals surface area contributed by atoms with Crippen molar-refractivity contribution in [1.82, 2.24) is 9.99 Å². The number of pyridine rings is 1. The standard InChI is InChI=1S/C16H15F2N3O3/c17-9-3-10-14(12(18)4-9)21(6-11(15(10)22)16(23)24)20-5-8-1-2-19-13(8)7-20/h3-4,6,8,13,19H,1-2,5,7H2,(H,23,24). The Labute approximate surface area is 135 Å². The zero-order valence-corrected chi connectivity index (χ0v) is 12.6. The van der Waals surface area contributed by atoms with Crippen LogP contribution in [0.5, 0.6) is 0 Å². The van der Waals surface area contributed by atoms with Crippen LogP contribution in [0.15, 0.2) is 23.1 Å². The minimum absolute atomic E-state index is 0.0913.